The number of amides is 2. The molecular weight excluding hydrogens is 805 g/mol. The summed E-state index contributed by atoms with van der Waals surface area (Å²) >= 11 is 0. The molecule has 0 saturated heterocycles. The van der Waals surface area contributed by atoms with Crippen LogP contribution in [-0.2, 0) is 29.0 Å². The monoisotopic (exact) mass is 858 g/mol. The number of nitrogens with one attached hydrogen (secondary N) is 3. The van der Waals surface area contributed by atoms with Gasteiger partial charge in [0.15, 0.2) is 34.5 Å². The molecule has 0 aromatic heterocycles. The highest BCUT2D eigenvalue weighted by atomic mass is 16.5. The largest absolute Gasteiger partial charge is 0.493 e. The van der Waals surface area contributed by atoms with Crippen molar-refractivity contribution in [2.24, 2.45) is 0 Å². The average molecular weight is 859 g/mol. The molecule has 2 amide bonds. The highest BCUT2D eigenvalue weighted by Crippen LogP contribution is 2.51. The predicted molar refractivity (Wildman–Crippen MR) is 244 cm³/mol. The van der Waals surface area contributed by atoms with Gasteiger partial charge in [0.25, 0.3) is 0 Å². The molecule has 7 rings (SSSR count). The van der Waals surface area contributed by atoms with Gasteiger partial charge in [0.1, 0.15) is 0 Å². The number of hydrogen-bond acceptors (Lipinski definition) is 12. The second-order valence-corrected chi connectivity index (χ2v) is 15.1. The molecule has 0 aliphatic heterocycles. The van der Waals surface area contributed by atoms with E-state index in [2.05, 4.69) is 34.1 Å². The highest BCUT2D eigenvalue weighted by Gasteiger charge is 2.31. The summed E-state index contributed by atoms with van der Waals surface area (Å²) in [5.74, 6) is 2.20. The quantitative estimate of drug-likeness (QED) is 0.101. The Kier molecular flexibility index (Phi) is 14.5. The van der Waals surface area contributed by atoms with Gasteiger partial charge in [0.05, 0.1) is 66.1 Å². The van der Waals surface area contributed by atoms with E-state index in [1.54, 1.807) is 39.5 Å². The summed E-state index contributed by atoms with van der Waals surface area (Å²) in [4.78, 5) is 49.2. The minimum atomic E-state index is -0.337. The summed E-state index contributed by atoms with van der Waals surface area (Å²) in [5.41, 5.74) is 14.7. The molecule has 0 radical (unpaired) electrons. The van der Waals surface area contributed by atoms with Crippen LogP contribution >= 0.6 is 0 Å². The second kappa shape index (κ2) is 20.1. The summed E-state index contributed by atoms with van der Waals surface area (Å²) in [6, 6.07) is 23.4. The molecule has 0 spiro atoms. The fourth-order valence-corrected chi connectivity index (χ4v) is 8.45. The minimum Gasteiger partial charge on any atom is -0.493 e. The van der Waals surface area contributed by atoms with Crippen LogP contribution < -0.4 is 61.0 Å². The Morgan fingerprint density at radius 3 is 1.49 bits per heavy atom. The molecule has 14 heteroatoms. The first-order valence-corrected chi connectivity index (χ1v) is 20.5. The molecule has 2 aliphatic rings. The van der Waals surface area contributed by atoms with Crippen molar-refractivity contribution in [1.82, 2.24) is 10.6 Å². The van der Waals surface area contributed by atoms with Crippen molar-refractivity contribution >= 4 is 23.2 Å². The van der Waals surface area contributed by atoms with E-state index in [0.29, 0.717) is 66.5 Å². The Labute approximate surface area is 366 Å². The van der Waals surface area contributed by atoms with E-state index in [-0.39, 0.29) is 46.3 Å². The molecule has 5 aromatic rings. The third kappa shape index (κ3) is 9.65. The second-order valence-electron chi connectivity index (χ2n) is 15.1. The maximum Gasteiger partial charge on any atom is 0.220 e. The molecule has 2 atom stereocenters. The zero-order valence-electron chi connectivity index (χ0n) is 36.9. The molecule has 5 N–H and O–H groups in total. The zero-order valence-corrected chi connectivity index (χ0v) is 36.9. The number of aryl methyl sites for hydroxylation is 2. The van der Waals surface area contributed by atoms with Crippen molar-refractivity contribution in [2.45, 2.75) is 58.2 Å². The zero-order chi connectivity index (χ0) is 45.4. The first-order valence-electron chi connectivity index (χ1n) is 20.5. The van der Waals surface area contributed by atoms with Crippen LogP contribution in [0, 0.1) is 0 Å². The average Bonchev–Trinajstić information content (AvgIpc) is 3.66. The normalized spacial score (nSPS) is 14.5. The van der Waals surface area contributed by atoms with Crippen molar-refractivity contribution in [3.8, 4) is 56.8 Å². The number of fused-ring (bicyclic) bond motifs is 6. The molecule has 5 aromatic carbocycles. The summed E-state index contributed by atoms with van der Waals surface area (Å²) in [6.07, 6.45) is 2.55. The third-order valence-electron chi connectivity index (χ3n) is 11.2. The molecule has 14 nitrogen and oxygen atoms in total. The molecule has 0 bridgehead atoms. The number of ether oxygens (including phenoxy) is 6. The maximum atomic E-state index is 12.8. The van der Waals surface area contributed by atoms with Gasteiger partial charge in [-0.1, -0.05) is 42.5 Å². The van der Waals surface area contributed by atoms with Crippen molar-refractivity contribution in [3.05, 3.63) is 127 Å². The number of nitrogens with two attached hydrogens (primary N) is 1. The molecule has 2 aliphatic carbocycles. The van der Waals surface area contributed by atoms with Crippen LogP contribution in [0.25, 0.3) is 22.3 Å². The Balaban J connectivity index is 0.000000215. The van der Waals surface area contributed by atoms with Crippen LogP contribution in [0.2, 0.25) is 0 Å². The summed E-state index contributed by atoms with van der Waals surface area (Å²) in [7, 11) is 9.22. The number of carbonyl (C=O) groups excluding carboxylic acids is 2. The smallest absolute Gasteiger partial charge is 0.220 e. The van der Waals surface area contributed by atoms with Crippen LogP contribution in [0.15, 0.2) is 88.5 Å². The highest BCUT2D eigenvalue weighted by molar-refractivity contribution is 5.87. The molecule has 0 saturated carbocycles. The number of rotatable bonds is 11. The van der Waals surface area contributed by atoms with Gasteiger partial charge in [-0.15, -0.1) is 0 Å². The van der Waals surface area contributed by atoms with Crippen LogP contribution in [0.4, 0.5) is 11.4 Å². The SMILES string of the molecule is COc1c(N)cc2c(c1OC)-c1ccc(OC)c(=O)cc1[C@@H](NC(C)=O)CC2.COc1c(NCc2ccccc2)cc2c(c1OC)-c1ccc(OC)c(=O)cc1[C@@H](NC(C)=O)CC2. The lowest BCUT2D eigenvalue weighted by Crippen LogP contribution is -2.26. The summed E-state index contributed by atoms with van der Waals surface area (Å²) in [5, 5.41) is 9.44. The van der Waals surface area contributed by atoms with E-state index in [1.165, 1.54) is 41.2 Å². The van der Waals surface area contributed by atoms with Crippen LogP contribution in [0.3, 0.4) is 0 Å². The number of anilines is 2. The fraction of sp³-hybridized carbons (Fsp3) is 0.306. The molecular formula is C49H54N4O10. The van der Waals surface area contributed by atoms with Crippen molar-refractivity contribution in [3.63, 3.8) is 0 Å². The van der Waals surface area contributed by atoms with Gasteiger partial charge in [-0.3, -0.25) is 19.2 Å². The van der Waals surface area contributed by atoms with Crippen LogP contribution in [-0.4, -0.2) is 54.5 Å². The van der Waals surface area contributed by atoms with Gasteiger partial charge in [-0.25, -0.2) is 0 Å². The number of methoxy groups -OCH3 is 6. The van der Waals surface area contributed by atoms with E-state index in [4.69, 9.17) is 34.2 Å². The van der Waals surface area contributed by atoms with Crippen molar-refractivity contribution in [1.29, 1.82) is 0 Å². The summed E-state index contributed by atoms with van der Waals surface area (Å²) in [6.45, 7) is 3.56. The first-order chi connectivity index (χ1) is 30.4. The maximum absolute atomic E-state index is 12.8. The Morgan fingerprint density at radius 1 is 0.587 bits per heavy atom. The van der Waals surface area contributed by atoms with Gasteiger partial charge < -0.3 is 50.1 Å². The molecule has 0 heterocycles. The Bertz CT molecular complexity index is 2640. The van der Waals surface area contributed by atoms with Gasteiger partial charge in [0, 0.05) is 31.5 Å². The van der Waals surface area contributed by atoms with Gasteiger partial charge in [-0.2, -0.15) is 0 Å². The third-order valence-corrected chi connectivity index (χ3v) is 11.2. The lowest BCUT2D eigenvalue weighted by atomic mass is 9.95. The lowest BCUT2D eigenvalue weighted by Gasteiger charge is -2.21. The van der Waals surface area contributed by atoms with E-state index >= 15 is 0 Å². The van der Waals surface area contributed by atoms with Crippen LogP contribution in [0.1, 0.15) is 66.6 Å². The molecule has 0 unspecified atom stereocenters. The van der Waals surface area contributed by atoms with Gasteiger partial charge in [0.2, 0.25) is 22.7 Å². The van der Waals surface area contributed by atoms with Gasteiger partial charge in [-0.05, 0) is 101 Å². The topological polar surface area (TPSA) is 186 Å². The lowest BCUT2D eigenvalue weighted by molar-refractivity contribution is -0.120. The fourth-order valence-electron chi connectivity index (χ4n) is 8.45. The van der Waals surface area contributed by atoms with Crippen molar-refractivity contribution < 1.29 is 38.0 Å². The first kappa shape index (κ1) is 45.3. The number of nitrogen functional groups attached to an aromatic ring is 1. The van der Waals surface area contributed by atoms with Crippen molar-refractivity contribution in [2.75, 3.05) is 53.7 Å². The predicted octanol–water partition coefficient (Wildman–Crippen LogP) is 6.92. The standard InChI is InChI=1S/C28H30N2O5.C21H24N2O5/c1-17(31)30-22-12-10-19-14-23(29-16-18-8-6-5-7-9-18)27(34-3)28(35-4)26(19)20-11-13-25(33-2)24(32)15-21(20)22;1-11(24)23-16-7-5-12-9-15(22)20(27-3)21(28-4)19(12)13-6-8-18(26-2)17(25)10-14(13)16/h5-9,11,13-15,22,29H,10,12,16H2,1-4H3,(H,30,31);6,8-10,16H,5,7,22H2,1-4H3,(H,23,24)/t22-;16-/m00/s1. The van der Waals surface area contributed by atoms with Gasteiger partial charge >= 0.3 is 0 Å². The molecule has 330 valence electrons. The van der Waals surface area contributed by atoms with E-state index in [0.717, 1.165) is 50.2 Å². The Morgan fingerprint density at radius 2 is 1.05 bits per heavy atom. The van der Waals surface area contributed by atoms with Crippen LogP contribution in [0.5, 0.6) is 34.5 Å². The number of hydrogen-bond donors (Lipinski definition) is 4. The Hall–Kier alpha value is -7.22. The van der Waals surface area contributed by atoms with E-state index in [9.17, 15) is 19.2 Å². The number of benzene rings is 3. The van der Waals surface area contributed by atoms with E-state index < -0.39 is 0 Å². The molecule has 63 heavy (non-hydrogen) atoms. The minimum absolute atomic E-state index is 0.160. The number of carbonyl (C=O) groups is 2. The molecule has 0 fully saturated rings. The summed E-state index contributed by atoms with van der Waals surface area (Å²) < 4.78 is 33.3. The van der Waals surface area contributed by atoms with E-state index in [1.807, 2.05) is 36.4 Å².